The highest BCUT2D eigenvalue weighted by atomic mass is 15.4. The van der Waals surface area contributed by atoms with Gasteiger partial charge in [0, 0.05) is 18.2 Å². The van der Waals surface area contributed by atoms with E-state index in [-0.39, 0.29) is 12.0 Å². The molecule has 1 fully saturated rings. The molecular formula is C23H20N6. The van der Waals surface area contributed by atoms with Gasteiger partial charge in [0.1, 0.15) is 12.1 Å². The number of nitriles is 1. The minimum Gasteiger partial charge on any atom is -0.352 e. The van der Waals surface area contributed by atoms with E-state index in [0.717, 1.165) is 42.0 Å². The lowest BCUT2D eigenvalue weighted by molar-refractivity contribution is 0.602. The monoisotopic (exact) mass is 380 g/mol. The Morgan fingerprint density at radius 2 is 1.79 bits per heavy atom. The molecule has 0 saturated carbocycles. The summed E-state index contributed by atoms with van der Waals surface area (Å²) in [7, 11) is 0. The van der Waals surface area contributed by atoms with Gasteiger partial charge < -0.3 is 4.90 Å². The van der Waals surface area contributed by atoms with Crippen molar-refractivity contribution in [2.45, 2.75) is 24.8 Å². The molecule has 2 aromatic heterocycles. The molecule has 1 saturated heterocycles. The first-order valence-electron chi connectivity index (χ1n) is 9.82. The van der Waals surface area contributed by atoms with E-state index in [9.17, 15) is 5.26 Å². The van der Waals surface area contributed by atoms with Gasteiger partial charge in [0.15, 0.2) is 0 Å². The van der Waals surface area contributed by atoms with Gasteiger partial charge in [-0.15, -0.1) is 0 Å². The third-order valence-electron chi connectivity index (χ3n) is 5.58. The summed E-state index contributed by atoms with van der Waals surface area (Å²) in [6.07, 6.45) is 3.53. The molecule has 6 nitrogen and oxygen atoms in total. The van der Waals surface area contributed by atoms with Gasteiger partial charge in [0.2, 0.25) is 0 Å². The topological polar surface area (TPSA) is 70.1 Å². The molecule has 4 aromatic rings. The van der Waals surface area contributed by atoms with Gasteiger partial charge >= 0.3 is 0 Å². The molecule has 1 aliphatic heterocycles. The second-order valence-corrected chi connectivity index (χ2v) is 7.26. The number of rotatable bonds is 4. The number of benzene rings is 2. The summed E-state index contributed by atoms with van der Waals surface area (Å²) in [5.74, 6) is 1.30. The van der Waals surface area contributed by atoms with Crippen LogP contribution in [0.1, 0.15) is 24.3 Å². The van der Waals surface area contributed by atoms with Crippen LogP contribution in [0.2, 0.25) is 0 Å². The van der Waals surface area contributed by atoms with E-state index >= 15 is 0 Å². The molecular weight excluding hydrogens is 360 g/mol. The van der Waals surface area contributed by atoms with Crippen LogP contribution < -0.4 is 4.90 Å². The van der Waals surface area contributed by atoms with Gasteiger partial charge in [0.05, 0.1) is 23.7 Å². The van der Waals surface area contributed by atoms with Crippen LogP contribution in [0, 0.1) is 11.3 Å². The van der Waals surface area contributed by atoms with Crippen molar-refractivity contribution in [3.8, 4) is 17.3 Å². The van der Waals surface area contributed by atoms with Crippen LogP contribution >= 0.6 is 0 Å². The third-order valence-corrected chi connectivity index (χ3v) is 5.58. The summed E-state index contributed by atoms with van der Waals surface area (Å²) in [5, 5.41) is 14.4. The fraction of sp³-hybridized carbons (Fsp3) is 0.217. The molecule has 6 heteroatoms. The van der Waals surface area contributed by atoms with Crippen molar-refractivity contribution >= 4 is 11.6 Å². The van der Waals surface area contributed by atoms with Gasteiger partial charge in [-0.1, -0.05) is 60.7 Å². The van der Waals surface area contributed by atoms with Gasteiger partial charge in [-0.05, 0) is 18.4 Å². The number of nitrogens with zero attached hydrogens (tertiary/aromatic N) is 6. The Bertz CT molecular complexity index is 1160. The second-order valence-electron chi connectivity index (χ2n) is 7.26. The lowest BCUT2D eigenvalue weighted by Gasteiger charge is -2.30. The zero-order chi connectivity index (χ0) is 19.6. The highest BCUT2D eigenvalue weighted by Crippen LogP contribution is 2.35. The van der Waals surface area contributed by atoms with Gasteiger partial charge in [0.25, 0.3) is 5.78 Å². The standard InChI is InChI=1S/C23H20N6/c24-15-19(17-8-3-1-4-9-17)21-12-7-13-28(21)22-14-20(18-10-5-2-6-11-18)27-23-25-16-26-29(22)23/h1-6,8-11,14,16,19,21H,7,12-13H2. The maximum absolute atomic E-state index is 9.99. The Labute approximate surface area is 169 Å². The molecule has 3 heterocycles. The maximum Gasteiger partial charge on any atom is 0.254 e. The van der Waals surface area contributed by atoms with Crippen LogP contribution in [0.5, 0.6) is 0 Å². The normalized spacial score (nSPS) is 17.3. The van der Waals surface area contributed by atoms with Crippen LogP contribution in [0.4, 0.5) is 5.82 Å². The molecule has 2 atom stereocenters. The molecule has 2 unspecified atom stereocenters. The Hall–Kier alpha value is -3.72. The second kappa shape index (κ2) is 7.36. The van der Waals surface area contributed by atoms with Crippen molar-refractivity contribution in [3.63, 3.8) is 0 Å². The van der Waals surface area contributed by atoms with Crippen molar-refractivity contribution in [1.82, 2.24) is 19.6 Å². The summed E-state index contributed by atoms with van der Waals surface area (Å²) in [4.78, 5) is 11.3. The largest absolute Gasteiger partial charge is 0.352 e. The molecule has 0 bridgehead atoms. The summed E-state index contributed by atoms with van der Waals surface area (Å²) in [6.45, 7) is 0.878. The molecule has 0 N–H and O–H groups in total. The average molecular weight is 380 g/mol. The van der Waals surface area contributed by atoms with Crippen LogP contribution in [-0.4, -0.2) is 32.2 Å². The molecule has 0 radical (unpaired) electrons. The first-order valence-corrected chi connectivity index (χ1v) is 9.82. The summed E-state index contributed by atoms with van der Waals surface area (Å²) in [6, 6.07) is 24.8. The van der Waals surface area contributed by atoms with Crippen LogP contribution in [-0.2, 0) is 0 Å². The molecule has 142 valence electrons. The minimum atomic E-state index is -0.203. The fourth-order valence-electron chi connectivity index (χ4n) is 4.22. The van der Waals surface area contributed by atoms with Crippen molar-refractivity contribution in [2.75, 3.05) is 11.4 Å². The predicted molar refractivity (Wildman–Crippen MR) is 111 cm³/mol. The molecule has 0 aliphatic carbocycles. The van der Waals surface area contributed by atoms with Crippen molar-refractivity contribution in [3.05, 3.63) is 78.6 Å². The zero-order valence-corrected chi connectivity index (χ0v) is 15.9. The van der Waals surface area contributed by atoms with Gasteiger partial charge in [-0.3, -0.25) is 0 Å². The number of hydrogen-bond acceptors (Lipinski definition) is 5. The van der Waals surface area contributed by atoms with E-state index in [1.54, 1.807) is 4.52 Å². The lowest BCUT2D eigenvalue weighted by atomic mass is 9.91. The molecule has 29 heavy (non-hydrogen) atoms. The quantitative estimate of drug-likeness (QED) is 0.534. The molecule has 1 aliphatic rings. The Balaban J connectivity index is 1.61. The van der Waals surface area contributed by atoms with Crippen molar-refractivity contribution < 1.29 is 0 Å². The fourth-order valence-corrected chi connectivity index (χ4v) is 4.22. The SMILES string of the molecule is N#CC(c1ccccc1)C1CCCN1c1cc(-c2ccccc2)nc2ncnn12. The van der Waals surface area contributed by atoms with E-state index in [4.69, 9.17) is 0 Å². The van der Waals surface area contributed by atoms with E-state index < -0.39 is 0 Å². The smallest absolute Gasteiger partial charge is 0.254 e. The highest BCUT2D eigenvalue weighted by Gasteiger charge is 2.34. The minimum absolute atomic E-state index is 0.0841. The van der Waals surface area contributed by atoms with Gasteiger partial charge in [-0.25, -0.2) is 4.98 Å². The Kier molecular flexibility index (Phi) is 4.41. The maximum atomic E-state index is 9.99. The number of aromatic nitrogens is 4. The molecule has 5 rings (SSSR count). The Morgan fingerprint density at radius 3 is 2.55 bits per heavy atom. The van der Waals surface area contributed by atoms with E-state index in [2.05, 4.69) is 32.1 Å². The summed E-state index contributed by atoms with van der Waals surface area (Å²) in [5.41, 5.74) is 2.95. The molecule has 0 spiro atoms. The third kappa shape index (κ3) is 3.11. The summed E-state index contributed by atoms with van der Waals surface area (Å²) < 4.78 is 1.78. The zero-order valence-electron chi connectivity index (χ0n) is 15.9. The average Bonchev–Trinajstić information content (AvgIpc) is 3.45. The predicted octanol–water partition coefficient (Wildman–Crippen LogP) is 4.07. The van der Waals surface area contributed by atoms with Crippen LogP contribution in [0.25, 0.3) is 17.0 Å². The number of fused-ring (bicyclic) bond motifs is 1. The number of anilines is 1. The summed E-state index contributed by atoms with van der Waals surface area (Å²) >= 11 is 0. The first kappa shape index (κ1) is 17.4. The van der Waals surface area contributed by atoms with E-state index in [0.29, 0.717) is 5.78 Å². The highest BCUT2D eigenvalue weighted by molar-refractivity contribution is 5.66. The molecule has 0 amide bonds. The van der Waals surface area contributed by atoms with Crippen molar-refractivity contribution in [2.24, 2.45) is 0 Å². The Morgan fingerprint density at radius 1 is 1.03 bits per heavy atom. The van der Waals surface area contributed by atoms with Crippen LogP contribution in [0.15, 0.2) is 73.1 Å². The van der Waals surface area contributed by atoms with Gasteiger partial charge in [-0.2, -0.15) is 19.9 Å². The lowest BCUT2D eigenvalue weighted by Crippen LogP contribution is -2.35. The van der Waals surface area contributed by atoms with E-state index in [1.165, 1.54) is 6.33 Å². The molecule has 2 aromatic carbocycles. The number of hydrogen-bond donors (Lipinski definition) is 0. The van der Waals surface area contributed by atoms with Crippen LogP contribution in [0.3, 0.4) is 0 Å². The first-order chi connectivity index (χ1) is 14.3. The van der Waals surface area contributed by atoms with Crippen molar-refractivity contribution in [1.29, 1.82) is 5.26 Å². The van der Waals surface area contributed by atoms with E-state index in [1.807, 2.05) is 60.7 Å².